The lowest BCUT2D eigenvalue weighted by Crippen LogP contribution is -2.48. The first-order chi connectivity index (χ1) is 9.34. The van der Waals surface area contributed by atoms with Gasteiger partial charge in [-0.15, -0.1) is 0 Å². The molecule has 1 aliphatic rings. The van der Waals surface area contributed by atoms with Crippen molar-refractivity contribution in [2.24, 2.45) is 0 Å². The number of sulfonamides is 1. The van der Waals surface area contributed by atoms with Crippen molar-refractivity contribution in [2.75, 3.05) is 6.54 Å². The van der Waals surface area contributed by atoms with E-state index in [1.165, 1.54) is 12.1 Å². The largest absolute Gasteiger partial charge is 0.480 e. The van der Waals surface area contributed by atoms with Crippen LogP contribution in [0.25, 0.3) is 0 Å². The molecule has 20 heavy (non-hydrogen) atoms. The van der Waals surface area contributed by atoms with E-state index in [0.717, 1.165) is 10.4 Å². The molecule has 1 N–H and O–H groups in total. The molecule has 7 heteroatoms. The third kappa shape index (κ3) is 2.69. The van der Waals surface area contributed by atoms with Gasteiger partial charge < -0.3 is 5.11 Å². The predicted octanol–water partition coefficient (Wildman–Crippen LogP) is 1.76. The van der Waals surface area contributed by atoms with Crippen LogP contribution in [-0.2, 0) is 14.8 Å². The molecule has 110 valence electrons. The van der Waals surface area contributed by atoms with Gasteiger partial charge in [-0.25, -0.2) is 12.8 Å². The van der Waals surface area contributed by atoms with Crippen molar-refractivity contribution in [3.8, 4) is 0 Å². The second kappa shape index (κ2) is 5.49. The molecule has 0 saturated carbocycles. The van der Waals surface area contributed by atoms with Crippen molar-refractivity contribution in [3.63, 3.8) is 0 Å². The van der Waals surface area contributed by atoms with Gasteiger partial charge in [-0.05, 0) is 43.9 Å². The van der Waals surface area contributed by atoms with Gasteiger partial charge in [0.25, 0.3) is 0 Å². The molecule has 0 aliphatic carbocycles. The van der Waals surface area contributed by atoms with E-state index in [-0.39, 0.29) is 13.0 Å². The topological polar surface area (TPSA) is 74.7 Å². The summed E-state index contributed by atoms with van der Waals surface area (Å²) in [6.45, 7) is 1.76. The number of nitrogens with zero attached hydrogens (tertiary/aromatic N) is 1. The number of piperidine rings is 1. The Kier molecular flexibility index (Phi) is 4.10. The number of halogens is 1. The van der Waals surface area contributed by atoms with Crippen molar-refractivity contribution >= 4 is 16.0 Å². The van der Waals surface area contributed by atoms with Crippen LogP contribution in [0.1, 0.15) is 24.8 Å². The van der Waals surface area contributed by atoms with Crippen LogP contribution in [0.2, 0.25) is 0 Å². The van der Waals surface area contributed by atoms with Crippen LogP contribution in [0, 0.1) is 12.7 Å². The molecule has 0 amide bonds. The average Bonchev–Trinajstić information content (AvgIpc) is 2.41. The minimum Gasteiger partial charge on any atom is -0.480 e. The molecule has 1 heterocycles. The summed E-state index contributed by atoms with van der Waals surface area (Å²) in [7, 11) is -4.13. The van der Waals surface area contributed by atoms with Crippen molar-refractivity contribution in [1.29, 1.82) is 0 Å². The van der Waals surface area contributed by atoms with Crippen LogP contribution < -0.4 is 0 Å². The average molecular weight is 301 g/mol. The number of benzene rings is 1. The molecule has 1 saturated heterocycles. The predicted molar refractivity (Wildman–Crippen MR) is 70.3 cm³/mol. The molecule has 1 aromatic rings. The molecule has 0 spiro atoms. The zero-order valence-corrected chi connectivity index (χ0v) is 11.9. The Hall–Kier alpha value is -1.47. The van der Waals surface area contributed by atoms with E-state index < -0.39 is 32.7 Å². The number of carboxylic acid groups (broad SMARTS) is 1. The summed E-state index contributed by atoms with van der Waals surface area (Å²) < 4.78 is 39.7. The van der Waals surface area contributed by atoms with Crippen molar-refractivity contribution in [2.45, 2.75) is 37.1 Å². The van der Waals surface area contributed by atoms with Crippen LogP contribution in [0.3, 0.4) is 0 Å². The van der Waals surface area contributed by atoms with E-state index in [4.69, 9.17) is 5.11 Å². The van der Waals surface area contributed by atoms with E-state index in [2.05, 4.69) is 0 Å². The molecule has 5 nitrogen and oxygen atoms in total. The standard InChI is InChI=1S/C13H16FNO4S/c1-9-5-6-10(14)12(8-9)20(18,19)15-7-3-2-4-11(15)13(16)17/h5-6,8,11H,2-4,7H2,1H3,(H,16,17)/t11-/m1/s1. The number of rotatable bonds is 3. The highest BCUT2D eigenvalue weighted by Gasteiger charge is 2.38. The van der Waals surface area contributed by atoms with Gasteiger partial charge in [0.15, 0.2) is 0 Å². The zero-order chi connectivity index (χ0) is 14.9. The Morgan fingerprint density at radius 2 is 2.10 bits per heavy atom. The Morgan fingerprint density at radius 3 is 2.75 bits per heavy atom. The van der Waals surface area contributed by atoms with Crippen LogP contribution in [-0.4, -0.2) is 36.4 Å². The number of aryl methyl sites for hydroxylation is 1. The minimum atomic E-state index is -4.13. The lowest BCUT2D eigenvalue weighted by molar-refractivity contribution is -0.142. The fourth-order valence-electron chi connectivity index (χ4n) is 2.37. The highest BCUT2D eigenvalue weighted by Crippen LogP contribution is 2.27. The van der Waals surface area contributed by atoms with E-state index in [1.54, 1.807) is 6.92 Å². The van der Waals surface area contributed by atoms with Crippen LogP contribution >= 0.6 is 0 Å². The smallest absolute Gasteiger partial charge is 0.322 e. The van der Waals surface area contributed by atoms with Crippen molar-refractivity contribution in [1.82, 2.24) is 4.31 Å². The summed E-state index contributed by atoms with van der Waals surface area (Å²) >= 11 is 0. The molecule has 1 fully saturated rings. The summed E-state index contributed by atoms with van der Waals surface area (Å²) in [6, 6.07) is 2.67. The summed E-state index contributed by atoms with van der Waals surface area (Å²) in [4.78, 5) is 10.7. The van der Waals surface area contributed by atoms with Crippen molar-refractivity contribution in [3.05, 3.63) is 29.6 Å². The van der Waals surface area contributed by atoms with Crippen LogP contribution in [0.4, 0.5) is 4.39 Å². The van der Waals surface area contributed by atoms with Gasteiger partial charge in [-0.3, -0.25) is 4.79 Å². The summed E-state index contributed by atoms with van der Waals surface area (Å²) in [6.07, 6.45) is 1.48. The van der Waals surface area contributed by atoms with Gasteiger partial charge in [-0.1, -0.05) is 6.07 Å². The minimum absolute atomic E-state index is 0.104. The van der Waals surface area contributed by atoms with Gasteiger partial charge >= 0.3 is 5.97 Å². The molecule has 1 atom stereocenters. The quantitative estimate of drug-likeness (QED) is 0.923. The van der Waals surface area contributed by atoms with Crippen LogP contribution in [0.15, 0.2) is 23.1 Å². The maximum Gasteiger partial charge on any atom is 0.322 e. The third-order valence-electron chi connectivity index (χ3n) is 3.41. The Bertz CT molecular complexity index is 629. The maximum absolute atomic E-state index is 13.8. The maximum atomic E-state index is 13.8. The number of carboxylic acids is 1. The highest BCUT2D eigenvalue weighted by molar-refractivity contribution is 7.89. The Morgan fingerprint density at radius 1 is 1.40 bits per heavy atom. The number of hydrogen-bond acceptors (Lipinski definition) is 3. The summed E-state index contributed by atoms with van der Waals surface area (Å²) in [5, 5.41) is 9.14. The monoisotopic (exact) mass is 301 g/mol. The molecular formula is C13H16FNO4S. The van der Waals surface area contributed by atoms with E-state index in [1.807, 2.05) is 0 Å². The zero-order valence-electron chi connectivity index (χ0n) is 11.0. The lowest BCUT2D eigenvalue weighted by atomic mass is 10.1. The molecule has 2 rings (SSSR count). The molecule has 1 aliphatic heterocycles. The Labute approximate surface area is 117 Å². The van der Waals surface area contributed by atoms with Gasteiger partial charge in [0.1, 0.15) is 16.8 Å². The summed E-state index contributed by atoms with van der Waals surface area (Å²) in [5.74, 6) is -2.05. The first-order valence-corrected chi connectivity index (χ1v) is 7.79. The number of hydrogen-bond donors (Lipinski definition) is 1. The lowest BCUT2D eigenvalue weighted by Gasteiger charge is -2.31. The fourth-order valence-corrected chi connectivity index (χ4v) is 4.18. The van der Waals surface area contributed by atoms with E-state index in [0.29, 0.717) is 18.4 Å². The van der Waals surface area contributed by atoms with E-state index in [9.17, 15) is 17.6 Å². The van der Waals surface area contributed by atoms with Gasteiger partial charge in [0.05, 0.1) is 0 Å². The van der Waals surface area contributed by atoms with Gasteiger partial charge in [0, 0.05) is 6.54 Å². The third-order valence-corrected chi connectivity index (χ3v) is 5.34. The fraction of sp³-hybridized carbons (Fsp3) is 0.462. The highest BCUT2D eigenvalue weighted by atomic mass is 32.2. The normalized spacial score (nSPS) is 20.8. The molecule has 0 aromatic heterocycles. The SMILES string of the molecule is Cc1ccc(F)c(S(=O)(=O)N2CCCC[C@@H]2C(=O)O)c1. The molecule has 1 aromatic carbocycles. The summed E-state index contributed by atoms with van der Waals surface area (Å²) in [5.41, 5.74) is 0.605. The first kappa shape index (κ1) is 14.9. The first-order valence-electron chi connectivity index (χ1n) is 6.35. The Balaban J connectivity index is 2.47. The molecular weight excluding hydrogens is 285 g/mol. The van der Waals surface area contributed by atoms with Gasteiger partial charge in [0.2, 0.25) is 10.0 Å². The second-order valence-electron chi connectivity index (χ2n) is 4.90. The van der Waals surface area contributed by atoms with Crippen molar-refractivity contribution < 1.29 is 22.7 Å². The van der Waals surface area contributed by atoms with Gasteiger partial charge in [-0.2, -0.15) is 4.31 Å². The molecule has 0 bridgehead atoms. The number of carbonyl (C=O) groups is 1. The number of aliphatic carboxylic acids is 1. The van der Waals surface area contributed by atoms with Crippen LogP contribution in [0.5, 0.6) is 0 Å². The second-order valence-corrected chi connectivity index (χ2v) is 6.76. The van der Waals surface area contributed by atoms with E-state index >= 15 is 0 Å². The molecule has 0 unspecified atom stereocenters. The molecule has 0 radical (unpaired) electrons.